The van der Waals surface area contributed by atoms with Gasteiger partial charge in [0.15, 0.2) is 0 Å². The number of nitrogens with zero attached hydrogens (tertiary/aromatic N) is 2. The standard InChI is InChI=1S/C36H41N3O4S/c1-4-5-23-37-36(41)34(25-30-15-9-6-10-16-30)38(26-31-17-11-7-12-18-31)35(40)27-39(33-22-21-28(2)24-29(33)3)44(42,43)32-19-13-8-14-20-32/h6-22,24,34H,4-5,23,25-27H2,1-3H3,(H,37,41)/t34-/m1/s1. The molecule has 4 aromatic carbocycles. The van der Waals surface area contributed by atoms with Crippen molar-refractivity contribution in [2.24, 2.45) is 0 Å². The first-order valence-electron chi connectivity index (χ1n) is 15.0. The molecule has 4 rings (SSSR count). The minimum absolute atomic E-state index is 0.0838. The molecular weight excluding hydrogens is 570 g/mol. The zero-order valence-corrected chi connectivity index (χ0v) is 26.5. The lowest BCUT2D eigenvalue weighted by atomic mass is 10.0. The zero-order chi connectivity index (χ0) is 31.5. The lowest BCUT2D eigenvalue weighted by Crippen LogP contribution is -2.53. The summed E-state index contributed by atoms with van der Waals surface area (Å²) in [5, 5.41) is 3.02. The Bertz CT molecular complexity index is 1630. The molecule has 1 N–H and O–H groups in total. The third-order valence-electron chi connectivity index (χ3n) is 7.53. The Morgan fingerprint density at radius 1 is 0.795 bits per heavy atom. The SMILES string of the molecule is CCCCNC(=O)[C@@H](Cc1ccccc1)N(Cc1ccccc1)C(=O)CN(c1ccc(C)cc1C)S(=O)(=O)c1ccccc1. The highest BCUT2D eigenvalue weighted by molar-refractivity contribution is 7.92. The van der Waals surface area contributed by atoms with Crippen molar-refractivity contribution in [2.45, 2.75) is 57.5 Å². The Hall–Kier alpha value is -4.43. The van der Waals surface area contributed by atoms with Crippen LogP contribution in [0.1, 0.15) is 42.0 Å². The molecule has 1 atom stereocenters. The molecule has 0 unspecified atom stereocenters. The van der Waals surface area contributed by atoms with Crippen LogP contribution in [-0.4, -0.2) is 44.3 Å². The van der Waals surface area contributed by atoms with E-state index in [0.29, 0.717) is 12.2 Å². The number of carbonyl (C=O) groups excluding carboxylic acids is 2. The molecule has 230 valence electrons. The number of sulfonamides is 1. The number of nitrogens with one attached hydrogen (secondary N) is 1. The van der Waals surface area contributed by atoms with Crippen molar-refractivity contribution in [2.75, 3.05) is 17.4 Å². The van der Waals surface area contributed by atoms with Gasteiger partial charge in [-0.25, -0.2) is 8.42 Å². The maximum Gasteiger partial charge on any atom is 0.264 e. The number of rotatable bonds is 14. The average Bonchev–Trinajstić information content (AvgIpc) is 3.03. The van der Waals surface area contributed by atoms with E-state index in [0.717, 1.165) is 35.1 Å². The normalized spacial score (nSPS) is 11.9. The molecule has 0 spiro atoms. The third-order valence-corrected chi connectivity index (χ3v) is 9.30. The van der Waals surface area contributed by atoms with Gasteiger partial charge in [0.2, 0.25) is 11.8 Å². The molecule has 7 nitrogen and oxygen atoms in total. The second-order valence-corrected chi connectivity index (χ2v) is 12.8. The van der Waals surface area contributed by atoms with E-state index in [1.165, 1.54) is 21.3 Å². The fraction of sp³-hybridized carbons (Fsp3) is 0.278. The van der Waals surface area contributed by atoms with Crippen molar-refractivity contribution in [3.8, 4) is 0 Å². The molecule has 0 aliphatic carbocycles. The van der Waals surface area contributed by atoms with Gasteiger partial charge in [0.1, 0.15) is 12.6 Å². The van der Waals surface area contributed by atoms with Gasteiger partial charge in [-0.1, -0.05) is 110 Å². The maximum absolute atomic E-state index is 14.5. The fourth-order valence-electron chi connectivity index (χ4n) is 5.16. The Kier molecular flexibility index (Phi) is 11.3. The van der Waals surface area contributed by atoms with E-state index in [4.69, 9.17) is 0 Å². The maximum atomic E-state index is 14.5. The Morgan fingerprint density at radius 2 is 1.39 bits per heavy atom. The summed E-state index contributed by atoms with van der Waals surface area (Å²) in [5.41, 5.74) is 3.86. The van der Waals surface area contributed by atoms with Gasteiger partial charge >= 0.3 is 0 Å². The first-order chi connectivity index (χ1) is 21.2. The highest BCUT2D eigenvalue weighted by Gasteiger charge is 2.35. The number of benzene rings is 4. The van der Waals surface area contributed by atoms with Crippen LogP contribution in [0.25, 0.3) is 0 Å². The highest BCUT2D eigenvalue weighted by atomic mass is 32.2. The Morgan fingerprint density at radius 3 is 1.98 bits per heavy atom. The highest BCUT2D eigenvalue weighted by Crippen LogP contribution is 2.28. The lowest BCUT2D eigenvalue weighted by Gasteiger charge is -2.34. The van der Waals surface area contributed by atoms with Gasteiger partial charge in [-0.2, -0.15) is 0 Å². The van der Waals surface area contributed by atoms with Crippen LogP contribution in [0.5, 0.6) is 0 Å². The van der Waals surface area contributed by atoms with E-state index in [2.05, 4.69) is 5.32 Å². The summed E-state index contributed by atoms with van der Waals surface area (Å²) in [6.07, 6.45) is 2.01. The minimum Gasteiger partial charge on any atom is -0.354 e. The van der Waals surface area contributed by atoms with Gasteiger partial charge in [0, 0.05) is 19.5 Å². The molecule has 4 aromatic rings. The molecule has 0 aliphatic heterocycles. The summed E-state index contributed by atoms with van der Waals surface area (Å²) in [7, 11) is -4.13. The molecule has 0 fully saturated rings. The van der Waals surface area contributed by atoms with Crippen molar-refractivity contribution in [1.82, 2.24) is 10.2 Å². The van der Waals surface area contributed by atoms with Gasteiger partial charge in [0.05, 0.1) is 10.6 Å². The number of hydrogen-bond donors (Lipinski definition) is 1. The van der Waals surface area contributed by atoms with Crippen molar-refractivity contribution in [3.63, 3.8) is 0 Å². The number of hydrogen-bond acceptors (Lipinski definition) is 4. The van der Waals surface area contributed by atoms with Crippen molar-refractivity contribution >= 4 is 27.5 Å². The number of amides is 2. The molecule has 0 saturated carbocycles. The summed E-state index contributed by atoms with van der Waals surface area (Å²) >= 11 is 0. The Labute approximate surface area is 261 Å². The molecule has 0 heterocycles. The molecule has 0 saturated heterocycles. The first-order valence-corrected chi connectivity index (χ1v) is 16.4. The van der Waals surface area contributed by atoms with E-state index < -0.39 is 28.5 Å². The molecule has 44 heavy (non-hydrogen) atoms. The number of anilines is 1. The largest absolute Gasteiger partial charge is 0.354 e. The molecular formula is C36H41N3O4S. The van der Waals surface area contributed by atoms with Gasteiger partial charge in [0.25, 0.3) is 10.0 Å². The van der Waals surface area contributed by atoms with E-state index in [9.17, 15) is 18.0 Å². The summed E-state index contributed by atoms with van der Waals surface area (Å²) < 4.78 is 29.4. The Balaban J connectivity index is 1.79. The summed E-state index contributed by atoms with van der Waals surface area (Å²) in [6.45, 7) is 5.98. The molecule has 0 aromatic heterocycles. The average molecular weight is 612 g/mol. The second-order valence-electron chi connectivity index (χ2n) is 11.0. The zero-order valence-electron chi connectivity index (χ0n) is 25.6. The third kappa shape index (κ3) is 8.35. The quantitative estimate of drug-likeness (QED) is 0.176. The van der Waals surface area contributed by atoms with Crippen molar-refractivity contribution in [1.29, 1.82) is 0 Å². The van der Waals surface area contributed by atoms with Crippen LogP contribution >= 0.6 is 0 Å². The molecule has 0 aliphatic rings. The van der Waals surface area contributed by atoms with Gasteiger partial charge in [-0.05, 0) is 55.2 Å². The van der Waals surface area contributed by atoms with Gasteiger partial charge < -0.3 is 10.2 Å². The molecule has 0 bridgehead atoms. The summed E-state index contributed by atoms with van der Waals surface area (Å²) in [4.78, 5) is 29.9. The first kappa shape index (κ1) is 32.5. The van der Waals surface area contributed by atoms with Crippen molar-refractivity contribution < 1.29 is 18.0 Å². The van der Waals surface area contributed by atoms with Crippen molar-refractivity contribution in [3.05, 3.63) is 131 Å². The van der Waals surface area contributed by atoms with E-state index in [1.54, 1.807) is 24.3 Å². The van der Waals surface area contributed by atoms with Crippen LogP contribution in [0.2, 0.25) is 0 Å². The molecule has 8 heteroatoms. The summed E-state index contributed by atoms with van der Waals surface area (Å²) in [5.74, 6) is -0.740. The van der Waals surface area contributed by atoms with Crippen LogP contribution < -0.4 is 9.62 Å². The number of carbonyl (C=O) groups is 2. The fourth-order valence-corrected chi connectivity index (χ4v) is 6.66. The lowest BCUT2D eigenvalue weighted by molar-refractivity contribution is -0.140. The van der Waals surface area contributed by atoms with Gasteiger partial charge in [-0.3, -0.25) is 13.9 Å². The predicted molar refractivity (Wildman–Crippen MR) is 176 cm³/mol. The number of unbranched alkanes of at least 4 members (excludes halogenated alkanes) is 1. The van der Waals surface area contributed by atoms with Crippen LogP contribution in [0, 0.1) is 13.8 Å². The molecule has 0 radical (unpaired) electrons. The van der Waals surface area contributed by atoms with E-state index in [-0.39, 0.29) is 23.8 Å². The smallest absolute Gasteiger partial charge is 0.264 e. The van der Waals surface area contributed by atoms with Gasteiger partial charge in [-0.15, -0.1) is 0 Å². The van der Waals surface area contributed by atoms with Crippen LogP contribution in [0.15, 0.2) is 114 Å². The monoisotopic (exact) mass is 611 g/mol. The summed E-state index contributed by atoms with van der Waals surface area (Å²) in [6, 6.07) is 31.8. The van der Waals surface area contributed by atoms with E-state index in [1.807, 2.05) is 93.6 Å². The molecule has 2 amide bonds. The van der Waals surface area contributed by atoms with Crippen LogP contribution in [0.3, 0.4) is 0 Å². The van der Waals surface area contributed by atoms with Crippen LogP contribution in [-0.2, 0) is 32.6 Å². The number of aryl methyl sites for hydroxylation is 2. The second kappa shape index (κ2) is 15.3. The van der Waals surface area contributed by atoms with Crippen LogP contribution in [0.4, 0.5) is 5.69 Å². The topological polar surface area (TPSA) is 86.8 Å². The minimum atomic E-state index is -4.13. The van der Waals surface area contributed by atoms with E-state index >= 15 is 0 Å². The predicted octanol–water partition coefficient (Wildman–Crippen LogP) is 6.06.